The summed E-state index contributed by atoms with van der Waals surface area (Å²) >= 11 is 0. The topological polar surface area (TPSA) is 98.5 Å². The van der Waals surface area contributed by atoms with Gasteiger partial charge in [0.05, 0.1) is 5.75 Å². The van der Waals surface area contributed by atoms with Crippen LogP contribution >= 0.6 is 0 Å². The lowest BCUT2D eigenvalue weighted by atomic mass is 10.5. The molecule has 0 atom stereocenters. The molecule has 0 spiro atoms. The summed E-state index contributed by atoms with van der Waals surface area (Å²) in [5.41, 5.74) is 10.0. The summed E-state index contributed by atoms with van der Waals surface area (Å²) in [4.78, 5) is 3.64. The molecule has 6 heteroatoms. The zero-order valence-electron chi connectivity index (χ0n) is 6.45. The average molecular weight is 179 g/mol. The predicted molar refractivity (Wildman–Crippen MR) is 45.0 cm³/mol. The Morgan fingerprint density at radius 2 is 2.00 bits per heavy atom. The van der Waals surface area contributed by atoms with Crippen LogP contribution in [-0.2, 0) is 9.84 Å². The first-order valence-electron chi connectivity index (χ1n) is 3.15. The molecule has 0 aromatic heterocycles. The molecule has 0 bridgehead atoms. The van der Waals surface area contributed by atoms with Gasteiger partial charge in [0, 0.05) is 12.8 Å². The average Bonchev–Trinajstić information content (AvgIpc) is 1.78. The third kappa shape index (κ3) is 9.22. The monoisotopic (exact) mass is 179 g/mol. The predicted octanol–water partition coefficient (Wildman–Crippen LogP) is -1.31. The molecule has 0 radical (unpaired) electrons. The van der Waals surface area contributed by atoms with Gasteiger partial charge in [-0.1, -0.05) is 0 Å². The lowest BCUT2D eigenvalue weighted by Crippen LogP contribution is -2.23. The van der Waals surface area contributed by atoms with E-state index in [-0.39, 0.29) is 11.7 Å². The van der Waals surface area contributed by atoms with Gasteiger partial charge in [0.15, 0.2) is 5.96 Å². The van der Waals surface area contributed by atoms with Gasteiger partial charge in [-0.3, -0.25) is 4.99 Å². The fourth-order valence-corrected chi connectivity index (χ4v) is 1.19. The Bertz CT molecular complexity index is 228. The van der Waals surface area contributed by atoms with Gasteiger partial charge in [0.25, 0.3) is 0 Å². The van der Waals surface area contributed by atoms with E-state index in [4.69, 9.17) is 11.5 Å². The number of hydrogen-bond donors (Lipinski definition) is 2. The van der Waals surface area contributed by atoms with E-state index in [0.717, 1.165) is 0 Å². The SMILES string of the molecule is CS(=O)(=O)CCCN=C(N)N. The number of nitrogens with zero attached hydrogens (tertiary/aromatic N) is 1. The standard InChI is InChI=1S/C5H13N3O2S/c1-11(9,10)4-2-3-8-5(6)7/h2-4H2,1H3,(H4,6,7,8). The molecule has 11 heavy (non-hydrogen) atoms. The first-order chi connectivity index (χ1) is 4.92. The van der Waals surface area contributed by atoms with Gasteiger partial charge in [0.2, 0.25) is 0 Å². The highest BCUT2D eigenvalue weighted by molar-refractivity contribution is 7.90. The molecule has 0 aromatic carbocycles. The van der Waals surface area contributed by atoms with E-state index in [1.807, 2.05) is 0 Å². The highest BCUT2D eigenvalue weighted by Crippen LogP contribution is 1.88. The quantitative estimate of drug-likeness (QED) is 0.318. The van der Waals surface area contributed by atoms with Crippen molar-refractivity contribution < 1.29 is 8.42 Å². The largest absolute Gasteiger partial charge is 0.370 e. The Morgan fingerprint density at radius 3 is 2.36 bits per heavy atom. The minimum absolute atomic E-state index is 0.00139. The van der Waals surface area contributed by atoms with E-state index in [1.54, 1.807) is 0 Å². The van der Waals surface area contributed by atoms with Crippen molar-refractivity contribution in [2.75, 3.05) is 18.6 Å². The molecule has 0 aliphatic heterocycles. The summed E-state index contributed by atoms with van der Waals surface area (Å²) in [6.45, 7) is 0.370. The van der Waals surface area contributed by atoms with Gasteiger partial charge < -0.3 is 11.5 Å². The molecule has 0 aromatic rings. The number of rotatable bonds is 4. The Kier molecular flexibility index (Phi) is 3.88. The summed E-state index contributed by atoms with van der Waals surface area (Å²) in [5, 5.41) is 0. The van der Waals surface area contributed by atoms with Crippen LogP contribution in [0.25, 0.3) is 0 Å². The number of hydrogen-bond acceptors (Lipinski definition) is 3. The molecule has 0 aliphatic rings. The Morgan fingerprint density at radius 1 is 1.45 bits per heavy atom. The number of nitrogens with two attached hydrogens (primary N) is 2. The smallest absolute Gasteiger partial charge is 0.185 e. The van der Waals surface area contributed by atoms with Crippen LogP contribution < -0.4 is 11.5 Å². The molecule has 5 nitrogen and oxygen atoms in total. The second-order valence-electron chi connectivity index (χ2n) is 2.29. The van der Waals surface area contributed by atoms with Crippen LogP contribution in [0.4, 0.5) is 0 Å². The molecule has 0 saturated heterocycles. The summed E-state index contributed by atoms with van der Waals surface area (Å²) in [7, 11) is -2.87. The Hall–Kier alpha value is -0.780. The Labute approximate surface area is 66.4 Å². The molecule has 0 rings (SSSR count). The normalized spacial score (nSPS) is 11.0. The van der Waals surface area contributed by atoms with E-state index in [0.29, 0.717) is 13.0 Å². The second-order valence-corrected chi connectivity index (χ2v) is 4.55. The highest BCUT2D eigenvalue weighted by Gasteiger charge is 1.99. The van der Waals surface area contributed by atoms with Crippen LogP contribution in [0.3, 0.4) is 0 Å². The van der Waals surface area contributed by atoms with Crippen molar-refractivity contribution in [3.05, 3.63) is 0 Å². The number of sulfone groups is 1. The van der Waals surface area contributed by atoms with Crippen molar-refractivity contribution in [1.29, 1.82) is 0 Å². The summed E-state index contributed by atoms with van der Waals surface area (Å²) in [5.74, 6) is 0.127. The molecule has 66 valence electrons. The van der Waals surface area contributed by atoms with Gasteiger partial charge in [0.1, 0.15) is 9.84 Å². The van der Waals surface area contributed by atoms with Crippen molar-refractivity contribution in [2.24, 2.45) is 16.5 Å². The van der Waals surface area contributed by atoms with E-state index < -0.39 is 9.84 Å². The van der Waals surface area contributed by atoms with Gasteiger partial charge in [-0.15, -0.1) is 0 Å². The molecule has 0 amide bonds. The van der Waals surface area contributed by atoms with Crippen molar-refractivity contribution in [2.45, 2.75) is 6.42 Å². The zero-order valence-corrected chi connectivity index (χ0v) is 7.26. The summed E-state index contributed by atoms with van der Waals surface area (Å²) in [6, 6.07) is 0. The van der Waals surface area contributed by atoms with Crippen molar-refractivity contribution in [3.63, 3.8) is 0 Å². The summed E-state index contributed by atoms with van der Waals surface area (Å²) in [6.07, 6.45) is 1.65. The maximum absolute atomic E-state index is 10.6. The molecule has 4 N–H and O–H groups in total. The number of guanidine groups is 1. The van der Waals surface area contributed by atoms with E-state index in [9.17, 15) is 8.42 Å². The molecular formula is C5H13N3O2S. The van der Waals surface area contributed by atoms with Gasteiger partial charge in [-0.05, 0) is 6.42 Å². The number of aliphatic imine (C=N–C) groups is 1. The van der Waals surface area contributed by atoms with E-state index >= 15 is 0 Å². The van der Waals surface area contributed by atoms with Crippen molar-refractivity contribution >= 4 is 15.8 Å². The van der Waals surface area contributed by atoms with Crippen LogP contribution in [0.5, 0.6) is 0 Å². The maximum atomic E-state index is 10.6. The van der Waals surface area contributed by atoms with Gasteiger partial charge in [-0.2, -0.15) is 0 Å². The lowest BCUT2D eigenvalue weighted by Gasteiger charge is -1.94. The second kappa shape index (κ2) is 4.17. The minimum Gasteiger partial charge on any atom is -0.370 e. The minimum atomic E-state index is -2.87. The molecule has 0 aliphatic carbocycles. The first kappa shape index (κ1) is 10.2. The van der Waals surface area contributed by atoms with Gasteiger partial charge in [-0.25, -0.2) is 8.42 Å². The van der Waals surface area contributed by atoms with Crippen LogP contribution in [0.15, 0.2) is 4.99 Å². The fraction of sp³-hybridized carbons (Fsp3) is 0.800. The van der Waals surface area contributed by atoms with Crippen LogP contribution in [0.2, 0.25) is 0 Å². The molecule has 0 saturated carbocycles. The fourth-order valence-electron chi connectivity index (χ4n) is 0.535. The van der Waals surface area contributed by atoms with Crippen molar-refractivity contribution in [1.82, 2.24) is 0 Å². The molecule has 0 unspecified atom stereocenters. The molecule has 0 heterocycles. The lowest BCUT2D eigenvalue weighted by molar-refractivity contribution is 0.599. The van der Waals surface area contributed by atoms with Crippen LogP contribution in [0.1, 0.15) is 6.42 Å². The molecule has 0 fully saturated rings. The third-order valence-electron chi connectivity index (χ3n) is 0.968. The van der Waals surface area contributed by atoms with Crippen LogP contribution in [-0.4, -0.2) is 32.9 Å². The van der Waals surface area contributed by atoms with E-state index in [2.05, 4.69) is 4.99 Å². The Balaban J connectivity index is 3.53. The van der Waals surface area contributed by atoms with Gasteiger partial charge >= 0.3 is 0 Å². The molecular weight excluding hydrogens is 166 g/mol. The maximum Gasteiger partial charge on any atom is 0.185 e. The first-order valence-corrected chi connectivity index (χ1v) is 5.21. The zero-order chi connectivity index (χ0) is 8.91. The highest BCUT2D eigenvalue weighted by atomic mass is 32.2. The van der Waals surface area contributed by atoms with Crippen LogP contribution in [0, 0.1) is 0 Å². The third-order valence-corrected chi connectivity index (χ3v) is 2.00. The summed E-state index contributed by atoms with van der Waals surface area (Å²) < 4.78 is 21.1. The van der Waals surface area contributed by atoms with Crippen molar-refractivity contribution in [3.8, 4) is 0 Å². The van der Waals surface area contributed by atoms with E-state index in [1.165, 1.54) is 6.26 Å².